The predicted molar refractivity (Wildman–Crippen MR) is 73.9 cm³/mol. The van der Waals surface area contributed by atoms with Crippen molar-refractivity contribution < 1.29 is 4.79 Å². The summed E-state index contributed by atoms with van der Waals surface area (Å²) in [7, 11) is 0. The first-order valence-electron chi connectivity index (χ1n) is 7.25. The van der Waals surface area contributed by atoms with Crippen LogP contribution in [0.3, 0.4) is 0 Å². The number of amides is 1. The standard InChI is InChI=1S/C15H21N3O/c19-15(13-3-7-16-8-4-13)18-9-5-14(6-10-18)17-11-12-1-2-12/h3-4,7-8,12,14,17H,1-2,5-6,9-11H2. The van der Waals surface area contributed by atoms with Crippen molar-refractivity contribution in [3.05, 3.63) is 30.1 Å². The second kappa shape index (κ2) is 5.70. The largest absolute Gasteiger partial charge is 0.339 e. The van der Waals surface area contributed by atoms with Crippen molar-refractivity contribution in [2.75, 3.05) is 19.6 Å². The van der Waals surface area contributed by atoms with E-state index in [0.717, 1.165) is 37.4 Å². The Kier molecular flexibility index (Phi) is 3.78. The number of piperidine rings is 1. The van der Waals surface area contributed by atoms with E-state index in [4.69, 9.17) is 0 Å². The Morgan fingerprint density at radius 3 is 2.53 bits per heavy atom. The number of carbonyl (C=O) groups is 1. The molecule has 1 saturated carbocycles. The average Bonchev–Trinajstić information content (AvgIpc) is 3.30. The van der Waals surface area contributed by atoms with Gasteiger partial charge >= 0.3 is 0 Å². The summed E-state index contributed by atoms with van der Waals surface area (Å²) >= 11 is 0. The quantitative estimate of drug-likeness (QED) is 0.895. The van der Waals surface area contributed by atoms with Crippen molar-refractivity contribution in [1.82, 2.24) is 15.2 Å². The number of nitrogens with one attached hydrogen (secondary N) is 1. The summed E-state index contributed by atoms with van der Waals surface area (Å²) in [5, 5.41) is 3.63. The summed E-state index contributed by atoms with van der Waals surface area (Å²) in [6, 6.07) is 4.18. The monoisotopic (exact) mass is 259 g/mol. The lowest BCUT2D eigenvalue weighted by Gasteiger charge is -2.32. The highest BCUT2D eigenvalue weighted by Crippen LogP contribution is 2.28. The smallest absolute Gasteiger partial charge is 0.253 e. The molecule has 0 bridgehead atoms. The van der Waals surface area contributed by atoms with Crippen LogP contribution in [0.5, 0.6) is 0 Å². The second-order valence-corrected chi connectivity index (χ2v) is 5.65. The van der Waals surface area contributed by atoms with E-state index >= 15 is 0 Å². The lowest BCUT2D eigenvalue weighted by molar-refractivity contribution is 0.0705. The van der Waals surface area contributed by atoms with Crippen molar-refractivity contribution in [2.45, 2.75) is 31.7 Å². The van der Waals surface area contributed by atoms with Gasteiger partial charge in [-0.05, 0) is 50.3 Å². The first-order chi connectivity index (χ1) is 9.33. The van der Waals surface area contributed by atoms with Gasteiger partial charge in [-0.3, -0.25) is 9.78 Å². The molecule has 1 aliphatic carbocycles. The number of hydrogen-bond donors (Lipinski definition) is 1. The maximum Gasteiger partial charge on any atom is 0.253 e. The van der Waals surface area contributed by atoms with E-state index in [1.807, 2.05) is 4.90 Å². The van der Waals surface area contributed by atoms with E-state index in [0.29, 0.717) is 6.04 Å². The van der Waals surface area contributed by atoms with Gasteiger partial charge in [0.2, 0.25) is 0 Å². The van der Waals surface area contributed by atoms with Gasteiger partial charge in [0.1, 0.15) is 0 Å². The molecule has 2 aliphatic rings. The molecule has 1 aromatic rings. The molecule has 4 nitrogen and oxygen atoms in total. The second-order valence-electron chi connectivity index (χ2n) is 5.65. The number of hydrogen-bond acceptors (Lipinski definition) is 3. The van der Waals surface area contributed by atoms with Gasteiger partial charge in [0, 0.05) is 37.1 Å². The Labute approximate surface area is 114 Å². The Morgan fingerprint density at radius 2 is 1.89 bits per heavy atom. The van der Waals surface area contributed by atoms with Gasteiger partial charge in [0.15, 0.2) is 0 Å². The van der Waals surface area contributed by atoms with Gasteiger partial charge < -0.3 is 10.2 Å². The number of carbonyl (C=O) groups excluding carboxylic acids is 1. The fraction of sp³-hybridized carbons (Fsp3) is 0.600. The van der Waals surface area contributed by atoms with Crippen molar-refractivity contribution in [3.8, 4) is 0 Å². The van der Waals surface area contributed by atoms with E-state index < -0.39 is 0 Å². The highest BCUT2D eigenvalue weighted by atomic mass is 16.2. The van der Waals surface area contributed by atoms with Crippen LogP contribution in [0.2, 0.25) is 0 Å². The van der Waals surface area contributed by atoms with Gasteiger partial charge in [-0.15, -0.1) is 0 Å². The van der Waals surface area contributed by atoms with Crippen molar-refractivity contribution in [1.29, 1.82) is 0 Å². The van der Waals surface area contributed by atoms with Crippen LogP contribution < -0.4 is 5.32 Å². The number of likely N-dealkylation sites (tertiary alicyclic amines) is 1. The summed E-state index contributed by atoms with van der Waals surface area (Å²) < 4.78 is 0. The van der Waals surface area contributed by atoms with Gasteiger partial charge in [-0.2, -0.15) is 0 Å². The molecule has 2 heterocycles. The highest BCUT2D eigenvalue weighted by molar-refractivity contribution is 5.94. The summed E-state index contributed by atoms with van der Waals surface area (Å²) in [6.07, 6.45) is 8.29. The molecule has 2 fully saturated rings. The highest BCUT2D eigenvalue weighted by Gasteiger charge is 2.26. The molecule has 3 rings (SSSR count). The molecular formula is C15H21N3O. The van der Waals surface area contributed by atoms with Gasteiger partial charge in [-0.25, -0.2) is 0 Å². The molecule has 0 unspecified atom stereocenters. The zero-order valence-corrected chi connectivity index (χ0v) is 11.2. The number of pyridine rings is 1. The Balaban J connectivity index is 1.47. The van der Waals surface area contributed by atoms with Crippen LogP contribution in [-0.4, -0.2) is 41.5 Å². The molecule has 0 radical (unpaired) electrons. The Morgan fingerprint density at radius 1 is 1.21 bits per heavy atom. The zero-order chi connectivity index (χ0) is 13.1. The Hall–Kier alpha value is -1.42. The normalized spacial score (nSPS) is 20.5. The van der Waals surface area contributed by atoms with E-state index in [-0.39, 0.29) is 5.91 Å². The molecule has 0 aromatic carbocycles. The molecule has 1 saturated heterocycles. The van der Waals surface area contributed by atoms with Crippen LogP contribution in [0.25, 0.3) is 0 Å². The van der Waals surface area contributed by atoms with Crippen LogP contribution in [0.15, 0.2) is 24.5 Å². The van der Waals surface area contributed by atoms with Gasteiger partial charge in [-0.1, -0.05) is 0 Å². The van der Waals surface area contributed by atoms with Crippen LogP contribution in [0.1, 0.15) is 36.0 Å². The maximum atomic E-state index is 12.3. The zero-order valence-electron chi connectivity index (χ0n) is 11.2. The summed E-state index contributed by atoms with van der Waals surface area (Å²) in [6.45, 7) is 2.90. The lowest BCUT2D eigenvalue weighted by atomic mass is 10.0. The molecule has 1 amide bonds. The van der Waals surface area contributed by atoms with E-state index in [9.17, 15) is 4.79 Å². The first kappa shape index (κ1) is 12.6. The van der Waals surface area contributed by atoms with E-state index in [2.05, 4.69) is 10.3 Å². The van der Waals surface area contributed by atoms with Gasteiger partial charge in [0.25, 0.3) is 5.91 Å². The number of rotatable bonds is 4. The average molecular weight is 259 g/mol. The van der Waals surface area contributed by atoms with Crippen LogP contribution >= 0.6 is 0 Å². The summed E-state index contributed by atoms with van der Waals surface area (Å²) in [5.74, 6) is 1.07. The molecule has 0 spiro atoms. The fourth-order valence-corrected chi connectivity index (χ4v) is 2.62. The third-order valence-corrected chi connectivity index (χ3v) is 4.10. The predicted octanol–water partition coefficient (Wildman–Crippen LogP) is 1.69. The van der Waals surface area contributed by atoms with Crippen LogP contribution in [0.4, 0.5) is 0 Å². The first-order valence-corrected chi connectivity index (χ1v) is 7.25. The minimum Gasteiger partial charge on any atom is -0.339 e. The van der Waals surface area contributed by atoms with Crippen LogP contribution in [-0.2, 0) is 0 Å². The molecule has 102 valence electrons. The molecule has 0 atom stereocenters. The molecule has 1 aliphatic heterocycles. The molecular weight excluding hydrogens is 238 g/mol. The fourth-order valence-electron chi connectivity index (χ4n) is 2.62. The molecule has 1 N–H and O–H groups in total. The lowest BCUT2D eigenvalue weighted by Crippen LogP contribution is -2.45. The third kappa shape index (κ3) is 3.32. The van der Waals surface area contributed by atoms with Crippen LogP contribution in [0, 0.1) is 5.92 Å². The van der Waals surface area contributed by atoms with Crippen molar-refractivity contribution >= 4 is 5.91 Å². The number of nitrogens with zero attached hydrogens (tertiary/aromatic N) is 2. The molecule has 1 aromatic heterocycles. The maximum absolute atomic E-state index is 12.3. The molecule has 4 heteroatoms. The molecule has 19 heavy (non-hydrogen) atoms. The summed E-state index contributed by atoms with van der Waals surface area (Å²) in [5.41, 5.74) is 0.749. The van der Waals surface area contributed by atoms with Crippen molar-refractivity contribution in [2.24, 2.45) is 5.92 Å². The number of aromatic nitrogens is 1. The minimum absolute atomic E-state index is 0.142. The van der Waals surface area contributed by atoms with Gasteiger partial charge in [0.05, 0.1) is 0 Å². The summed E-state index contributed by atoms with van der Waals surface area (Å²) in [4.78, 5) is 18.2. The Bertz CT molecular complexity index is 422. The van der Waals surface area contributed by atoms with Crippen molar-refractivity contribution in [3.63, 3.8) is 0 Å². The topological polar surface area (TPSA) is 45.2 Å². The van der Waals surface area contributed by atoms with E-state index in [1.54, 1.807) is 24.5 Å². The SMILES string of the molecule is O=C(c1ccncc1)N1CCC(NCC2CC2)CC1. The minimum atomic E-state index is 0.142. The van der Waals surface area contributed by atoms with E-state index in [1.165, 1.54) is 19.4 Å². The third-order valence-electron chi connectivity index (χ3n) is 4.10.